The maximum atomic E-state index is 13.1. The third-order valence-electron chi connectivity index (χ3n) is 5.14. The lowest BCUT2D eigenvalue weighted by Crippen LogP contribution is -2.35. The lowest BCUT2D eigenvalue weighted by Gasteiger charge is -2.25. The second-order valence-corrected chi connectivity index (χ2v) is 7.91. The largest absolute Gasteiger partial charge is 0.469 e. The molecule has 1 aliphatic carbocycles. The Morgan fingerprint density at radius 1 is 1.10 bits per heavy atom. The normalized spacial score (nSPS) is 29.1. The molecule has 0 N–H and O–H groups in total. The quantitative estimate of drug-likeness (QED) is 0.290. The highest BCUT2D eigenvalue weighted by Crippen LogP contribution is 2.29. The summed E-state index contributed by atoms with van der Waals surface area (Å²) in [4.78, 5) is 37.7. The van der Waals surface area contributed by atoms with Gasteiger partial charge in [-0.25, -0.2) is 0 Å². The first-order valence-electron chi connectivity index (χ1n) is 10.00. The monoisotopic (exact) mass is 422 g/mol. The molecular weight excluding hydrogens is 388 g/mol. The van der Waals surface area contributed by atoms with Gasteiger partial charge in [-0.1, -0.05) is 36.0 Å². The van der Waals surface area contributed by atoms with Crippen molar-refractivity contribution in [2.24, 2.45) is 17.3 Å². The lowest BCUT2D eigenvalue weighted by atomic mass is 9.78. The molecule has 0 aromatic heterocycles. The molecule has 30 heavy (non-hydrogen) atoms. The third-order valence-corrected chi connectivity index (χ3v) is 5.14. The fraction of sp³-hybridized carbons (Fsp3) is 0.609. The van der Waals surface area contributed by atoms with Crippen LogP contribution in [-0.4, -0.2) is 51.9 Å². The summed E-state index contributed by atoms with van der Waals surface area (Å²) in [5, 5.41) is 0. The molecule has 0 amide bonds. The van der Waals surface area contributed by atoms with Gasteiger partial charge in [-0.2, -0.15) is 0 Å². The maximum Gasteiger partial charge on any atom is 0.316 e. The van der Waals surface area contributed by atoms with Crippen molar-refractivity contribution in [3.05, 3.63) is 36.0 Å². The van der Waals surface area contributed by atoms with E-state index in [0.717, 1.165) is 5.57 Å². The predicted molar refractivity (Wildman–Crippen MR) is 112 cm³/mol. The van der Waals surface area contributed by atoms with Crippen LogP contribution >= 0.6 is 0 Å². The summed E-state index contributed by atoms with van der Waals surface area (Å²) in [6.07, 6.45) is 9.63. The predicted octanol–water partition coefficient (Wildman–Crippen LogP) is 3.39. The zero-order chi connectivity index (χ0) is 22.7. The van der Waals surface area contributed by atoms with Gasteiger partial charge in [0.15, 0.2) is 5.78 Å². The van der Waals surface area contributed by atoms with E-state index in [2.05, 4.69) is 0 Å². The second kappa shape index (κ2) is 12.4. The summed E-state index contributed by atoms with van der Waals surface area (Å²) in [5.74, 6) is -2.52. The summed E-state index contributed by atoms with van der Waals surface area (Å²) in [7, 11) is 4.14. The molecule has 0 aromatic rings. The SMILES string of the molecule is COCO[C@@H]1/C=C/C=C/C(C)(C)C(=O)C(C(=O)OC)C/C(C)=C/CC[C@@H]1C(=O)OC. The topological polar surface area (TPSA) is 88.1 Å². The Bertz CT molecular complexity index is 688. The highest BCUT2D eigenvalue weighted by atomic mass is 16.7. The molecule has 0 bridgehead atoms. The number of hydrogen-bond acceptors (Lipinski definition) is 7. The average Bonchev–Trinajstić information content (AvgIpc) is 2.72. The van der Waals surface area contributed by atoms with Crippen LogP contribution in [0.2, 0.25) is 0 Å². The van der Waals surface area contributed by atoms with E-state index in [-0.39, 0.29) is 25.0 Å². The average molecular weight is 423 g/mol. The van der Waals surface area contributed by atoms with Gasteiger partial charge in [0, 0.05) is 12.5 Å². The van der Waals surface area contributed by atoms with Crippen LogP contribution in [0.15, 0.2) is 36.0 Å². The molecule has 0 saturated heterocycles. The van der Waals surface area contributed by atoms with Gasteiger partial charge in [-0.05, 0) is 40.0 Å². The van der Waals surface area contributed by atoms with Gasteiger partial charge in [0.2, 0.25) is 0 Å². The number of carbonyl (C=O) groups is 3. The third kappa shape index (κ3) is 7.54. The van der Waals surface area contributed by atoms with Crippen molar-refractivity contribution in [3.63, 3.8) is 0 Å². The lowest BCUT2D eigenvalue weighted by molar-refractivity contribution is -0.154. The number of ketones is 1. The molecule has 7 heteroatoms. The van der Waals surface area contributed by atoms with Crippen LogP contribution in [0.1, 0.15) is 40.0 Å². The minimum absolute atomic E-state index is 0.0336. The smallest absolute Gasteiger partial charge is 0.316 e. The molecule has 0 aliphatic heterocycles. The molecule has 0 radical (unpaired) electrons. The highest BCUT2D eigenvalue weighted by Gasteiger charge is 2.37. The van der Waals surface area contributed by atoms with Crippen LogP contribution in [0, 0.1) is 17.3 Å². The van der Waals surface area contributed by atoms with E-state index >= 15 is 0 Å². The van der Waals surface area contributed by atoms with Crippen molar-refractivity contribution in [1.82, 2.24) is 0 Å². The van der Waals surface area contributed by atoms with Crippen LogP contribution in [0.3, 0.4) is 0 Å². The van der Waals surface area contributed by atoms with Crippen LogP contribution in [0.25, 0.3) is 0 Å². The number of allylic oxidation sites excluding steroid dienone is 5. The first-order chi connectivity index (χ1) is 14.2. The Kier molecular flexibility index (Phi) is 10.7. The molecule has 7 nitrogen and oxygen atoms in total. The van der Waals surface area contributed by atoms with Crippen molar-refractivity contribution in [2.45, 2.75) is 46.1 Å². The standard InChI is InChI=1S/C23H34O7/c1-16-10-9-11-17(21(25)28-5)19(30-15-27-4)12-7-8-13-23(2,3)20(24)18(14-16)22(26)29-6/h7-8,10,12-13,17-19H,9,11,14-15H2,1-6H3/b12-7+,13-8+,16-10+/t17-,18?,19+/m0/s1. The molecular formula is C23H34O7. The first kappa shape index (κ1) is 25.8. The summed E-state index contributed by atoms with van der Waals surface area (Å²) in [5.41, 5.74) is 0.00204. The summed E-state index contributed by atoms with van der Waals surface area (Å²) < 4.78 is 20.5. The van der Waals surface area contributed by atoms with Gasteiger partial charge in [0.05, 0.1) is 26.2 Å². The Hall–Kier alpha value is -2.25. The Morgan fingerprint density at radius 3 is 2.37 bits per heavy atom. The number of Topliss-reactive ketones (excluding diaryl/α,β-unsaturated/α-hetero) is 1. The van der Waals surface area contributed by atoms with E-state index in [1.165, 1.54) is 21.3 Å². The molecule has 1 rings (SSSR count). The van der Waals surface area contributed by atoms with E-state index in [1.54, 1.807) is 38.2 Å². The number of hydrogen-bond donors (Lipinski definition) is 0. The van der Waals surface area contributed by atoms with Crippen molar-refractivity contribution in [2.75, 3.05) is 28.1 Å². The van der Waals surface area contributed by atoms with Crippen LogP contribution in [0.5, 0.6) is 0 Å². The number of methoxy groups -OCH3 is 3. The van der Waals surface area contributed by atoms with E-state index in [9.17, 15) is 14.4 Å². The fourth-order valence-corrected chi connectivity index (χ4v) is 3.36. The fourth-order valence-electron chi connectivity index (χ4n) is 3.36. The molecule has 1 unspecified atom stereocenters. The molecule has 0 fully saturated rings. The van der Waals surface area contributed by atoms with Crippen molar-refractivity contribution >= 4 is 17.7 Å². The van der Waals surface area contributed by atoms with Crippen molar-refractivity contribution < 1.29 is 33.3 Å². The molecule has 3 atom stereocenters. The summed E-state index contributed by atoms with van der Waals surface area (Å²) in [6, 6.07) is 0. The van der Waals surface area contributed by atoms with Gasteiger partial charge in [0.1, 0.15) is 12.7 Å². The zero-order valence-electron chi connectivity index (χ0n) is 18.8. The molecule has 0 spiro atoms. The number of rotatable bonds is 5. The zero-order valence-corrected chi connectivity index (χ0v) is 18.8. The number of carbonyl (C=O) groups excluding carboxylic acids is 3. The number of esters is 2. The minimum Gasteiger partial charge on any atom is -0.469 e. The van der Waals surface area contributed by atoms with Gasteiger partial charge < -0.3 is 18.9 Å². The molecule has 168 valence electrons. The summed E-state index contributed by atoms with van der Waals surface area (Å²) >= 11 is 0. The van der Waals surface area contributed by atoms with Gasteiger partial charge in [0.25, 0.3) is 0 Å². The second-order valence-electron chi connectivity index (χ2n) is 7.91. The Labute approximate surface area is 179 Å². The van der Waals surface area contributed by atoms with Crippen LogP contribution in [0.4, 0.5) is 0 Å². The molecule has 0 aromatic carbocycles. The van der Waals surface area contributed by atoms with E-state index in [4.69, 9.17) is 18.9 Å². The van der Waals surface area contributed by atoms with Crippen molar-refractivity contribution in [1.29, 1.82) is 0 Å². The van der Waals surface area contributed by atoms with E-state index in [0.29, 0.717) is 12.8 Å². The Balaban J connectivity index is 3.33. The summed E-state index contributed by atoms with van der Waals surface area (Å²) in [6.45, 7) is 5.42. The molecule has 1 aliphatic rings. The van der Waals surface area contributed by atoms with Gasteiger partial charge in [-0.15, -0.1) is 0 Å². The number of ether oxygens (including phenoxy) is 4. The molecule has 0 heterocycles. The molecule has 0 saturated carbocycles. The first-order valence-corrected chi connectivity index (χ1v) is 10.00. The van der Waals surface area contributed by atoms with E-state index in [1.807, 2.05) is 13.0 Å². The maximum absolute atomic E-state index is 13.1. The minimum atomic E-state index is -0.882. The van der Waals surface area contributed by atoms with Crippen LogP contribution < -0.4 is 0 Å². The highest BCUT2D eigenvalue weighted by molar-refractivity contribution is 6.02. The van der Waals surface area contributed by atoms with Gasteiger partial charge in [-0.3, -0.25) is 14.4 Å². The van der Waals surface area contributed by atoms with Gasteiger partial charge >= 0.3 is 11.9 Å². The van der Waals surface area contributed by atoms with Crippen LogP contribution in [-0.2, 0) is 33.3 Å². The Morgan fingerprint density at radius 2 is 1.77 bits per heavy atom. The van der Waals surface area contributed by atoms with E-state index < -0.39 is 29.3 Å². The van der Waals surface area contributed by atoms with Crippen molar-refractivity contribution in [3.8, 4) is 0 Å².